The van der Waals surface area contributed by atoms with Gasteiger partial charge in [0.25, 0.3) is 0 Å². The van der Waals surface area contributed by atoms with Crippen molar-refractivity contribution in [3.05, 3.63) is 24.0 Å². The van der Waals surface area contributed by atoms with Crippen molar-refractivity contribution in [1.29, 1.82) is 5.26 Å². The minimum atomic E-state index is -0.884. The van der Waals surface area contributed by atoms with Gasteiger partial charge in [-0.05, 0) is 50.0 Å². The molecule has 4 fully saturated rings. The lowest BCUT2D eigenvalue weighted by atomic mass is 9.52. The quantitative estimate of drug-likeness (QED) is 0.745. The number of nitrogens with zero attached hydrogens (tertiary/aromatic N) is 2. The van der Waals surface area contributed by atoms with Gasteiger partial charge in [0.05, 0.1) is 11.3 Å². The molecule has 4 aliphatic rings. The van der Waals surface area contributed by atoms with E-state index in [-0.39, 0.29) is 0 Å². The van der Waals surface area contributed by atoms with Gasteiger partial charge >= 0.3 is 0 Å². The molecule has 4 aliphatic carbocycles. The molecular formula is C18H20N4O. The number of hydrogen-bond acceptors (Lipinski definition) is 4. The zero-order chi connectivity index (χ0) is 15.6. The van der Waals surface area contributed by atoms with Crippen LogP contribution in [0.2, 0.25) is 0 Å². The molecule has 0 saturated heterocycles. The molecule has 3 N–H and O–H groups in total. The summed E-state index contributed by atoms with van der Waals surface area (Å²) in [6, 6.07) is 4.14. The number of nitrogens with one attached hydrogen (secondary N) is 2. The predicted molar refractivity (Wildman–Crippen MR) is 86.4 cm³/mol. The van der Waals surface area contributed by atoms with Gasteiger partial charge in [0, 0.05) is 29.6 Å². The largest absolute Gasteiger partial charge is 0.370 e. The van der Waals surface area contributed by atoms with Gasteiger partial charge in [-0.1, -0.05) is 0 Å². The van der Waals surface area contributed by atoms with Crippen LogP contribution in [0.5, 0.6) is 0 Å². The third kappa shape index (κ3) is 1.79. The van der Waals surface area contributed by atoms with Crippen molar-refractivity contribution < 1.29 is 5.11 Å². The Labute approximate surface area is 134 Å². The van der Waals surface area contributed by atoms with Crippen LogP contribution in [0.3, 0.4) is 0 Å². The van der Waals surface area contributed by atoms with E-state index in [0.717, 1.165) is 54.2 Å². The maximum Gasteiger partial charge on any atom is 0.141 e. The van der Waals surface area contributed by atoms with E-state index in [1.165, 1.54) is 6.42 Å². The van der Waals surface area contributed by atoms with E-state index >= 15 is 0 Å². The summed E-state index contributed by atoms with van der Waals surface area (Å²) in [5.74, 6) is 2.18. The summed E-state index contributed by atoms with van der Waals surface area (Å²) in [4.78, 5) is 7.36. The molecule has 0 radical (unpaired) electrons. The Morgan fingerprint density at radius 3 is 2.57 bits per heavy atom. The van der Waals surface area contributed by atoms with E-state index in [9.17, 15) is 10.4 Å². The van der Waals surface area contributed by atoms with Gasteiger partial charge in [0.1, 0.15) is 17.4 Å². The Morgan fingerprint density at radius 1 is 1.22 bits per heavy atom. The first kappa shape index (κ1) is 13.4. The van der Waals surface area contributed by atoms with Crippen molar-refractivity contribution in [3.63, 3.8) is 0 Å². The van der Waals surface area contributed by atoms with E-state index in [1.807, 2.05) is 12.3 Å². The highest BCUT2D eigenvalue weighted by Crippen LogP contribution is 2.58. The molecule has 2 aromatic rings. The minimum Gasteiger partial charge on any atom is -0.370 e. The lowest BCUT2D eigenvalue weighted by Gasteiger charge is -2.59. The molecule has 0 unspecified atom stereocenters. The topological polar surface area (TPSA) is 84.7 Å². The fourth-order valence-corrected chi connectivity index (χ4v) is 5.53. The highest BCUT2D eigenvalue weighted by Gasteiger charge is 2.56. The highest BCUT2D eigenvalue weighted by molar-refractivity contribution is 5.92. The van der Waals surface area contributed by atoms with Crippen LogP contribution >= 0.6 is 0 Å². The number of aromatic amines is 1. The second-order valence-electron chi connectivity index (χ2n) is 7.65. The highest BCUT2D eigenvalue weighted by atomic mass is 16.3. The summed E-state index contributed by atoms with van der Waals surface area (Å²) in [6.07, 6.45) is 9.20. The van der Waals surface area contributed by atoms with E-state index < -0.39 is 5.72 Å². The number of aliphatic hydroxyl groups is 1. The predicted octanol–water partition coefficient (Wildman–Crippen LogP) is 2.99. The van der Waals surface area contributed by atoms with Crippen LogP contribution in [0.1, 0.15) is 37.7 Å². The van der Waals surface area contributed by atoms with Gasteiger partial charge in [-0.15, -0.1) is 0 Å². The van der Waals surface area contributed by atoms with Crippen LogP contribution in [-0.4, -0.2) is 20.8 Å². The zero-order valence-electron chi connectivity index (χ0n) is 12.9. The molecule has 6 rings (SSSR count). The molecule has 2 aromatic heterocycles. The first-order valence-electron chi connectivity index (χ1n) is 8.54. The molecule has 2 heterocycles. The number of fused-ring (bicyclic) bond motifs is 1. The second-order valence-corrected chi connectivity index (χ2v) is 7.65. The van der Waals surface area contributed by atoms with Gasteiger partial charge in [-0.2, -0.15) is 5.26 Å². The molecule has 0 amide bonds. The summed E-state index contributed by atoms with van der Waals surface area (Å²) in [5, 5.41) is 25.3. The standard InChI is InChI=1S/C18H20N4O/c19-8-12-9-21-17-15(1-2-20-17)16(12)22-18(23)13-4-10-3-11(6-13)7-14(18)5-10/h1-2,9-11,13-14,23H,3-7H2,(H2,20,21,22)/t10-,11?,13?,14?,18+. The first-order chi connectivity index (χ1) is 11.2. The smallest absolute Gasteiger partial charge is 0.141 e. The van der Waals surface area contributed by atoms with Crippen LogP contribution < -0.4 is 5.32 Å². The second kappa shape index (κ2) is 4.48. The SMILES string of the molecule is N#Cc1cnc2[nH]ccc2c1N[C@]1(O)C2CC3CC1C[C@H](C3)C2. The van der Waals surface area contributed by atoms with Crippen molar-refractivity contribution in [3.8, 4) is 6.07 Å². The maximum atomic E-state index is 11.5. The molecule has 4 bridgehead atoms. The molecule has 4 saturated carbocycles. The molecule has 23 heavy (non-hydrogen) atoms. The fourth-order valence-electron chi connectivity index (χ4n) is 5.53. The van der Waals surface area contributed by atoms with Crippen molar-refractivity contribution in [2.45, 2.75) is 37.8 Å². The molecule has 0 aliphatic heterocycles. The minimum absolute atomic E-state index is 0.299. The van der Waals surface area contributed by atoms with Crippen molar-refractivity contribution in [1.82, 2.24) is 9.97 Å². The number of H-pyrrole nitrogens is 1. The summed E-state index contributed by atoms with van der Waals surface area (Å²) in [6.45, 7) is 0. The van der Waals surface area contributed by atoms with Crippen LogP contribution in [0.15, 0.2) is 18.5 Å². The van der Waals surface area contributed by atoms with Crippen molar-refractivity contribution >= 4 is 16.7 Å². The van der Waals surface area contributed by atoms with Gasteiger partial charge < -0.3 is 15.4 Å². The Kier molecular flexibility index (Phi) is 2.61. The summed E-state index contributed by atoms with van der Waals surface area (Å²) in [5.41, 5.74) is 1.09. The Bertz CT molecular complexity index is 790. The van der Waals surface area contributed by atoms with Crippen molar-refractivity contribution in [2.24, 2.45) is 23.7 Å². The number of hydrogen-bond donors (Lipinski definition) is 3. The van der Waals surface area contributed by atoms with Crippen LogP contribution in [0.25, 0.3) is 11.0 Å². The Hall–Kier alpha value is -2.06. The third-order valence-electron chi connectivity index (χ3n) is 6.42. The van der Waals surface area contributed by atoms with E-state index in [1.54, 1.807) is 6.20 Å². The van der Waals surface area contributed by atoms with E-state index in [2.05, 4.69) is 21.4 Å². The zero-order valence-corrected chi connectivity index (χ0v) is 12.9. The fraction of sp³-hybridized carbons (Fsp3) is 0.556. The van der Waals surface area contributed by atoms with Crippen LogP contribution in [-0.2, 0) is 0 Å². The molecular weight excluding hydrogens is 288 g/mol. The molecule has 118 valence electrons. The average molecular weight is 308 g/mol. The molecule has 0 aromatic carbocycles. The molecule has 0 spiro atoms. The third-order valence-corrected chi connectivity index (χ3v) is 6.42. The Balaban J connectivity index is 1.59. The summed E-state index contributed by atoms with van der Waals surface area (Å²) < 4.78 is 0. The van der Waals surface area contributed by atoms with Gasteiger partial charge in [0.15, 0.2) is 0 Å². The molecule has 0 atom stereocenters. The van der Waals surface area contributed by atoms with E-state index in [0.29, 0.717) is 17.4 Å². The van der Waals surface area contributed by atoms with Gasteiger partial charge in [-0.3, -0.25) is 0 Å². The summed E-state index contributed by atoms with van der Waals surface area (Å²) in [7, 11) is 0. The number of aromatic nitrogens is 2. The van der Waals surface area contributed by atoms with E-state index in [4.69, 9.17) is 0 Å². The Morgan fingerprint density at radius 2 is 1.91 bits per heavy atom. The molecule has 5 nitrogen and oxygen atoms in total. The first-order valence-corrected chi connectivity index (χ1v) is 8.54. The number of pyridine rings is 1. The van der Waals surface area contributed by atoms with Crippen LogP contribution in [0.4, 0.5) is 5.69 Å². The number of anilines is 1. The van der Waals surface area contributed by atoms with Crippen molar-refractivity contribution in [2.75, 3.05) is 5.32 Å². The van der Waals surface area contributed by atoms with Gasteiger partial charge in [0.2, 0.25) is 0 Å². The normalized spacial score (nSPS) is 37.9. The number of rotatable bonds is 2. The lowest BCUT2D eigenvalue weighted by Crippen LogP contribution is -2.61. The molecule has 5 heteroatoms. The lowest BCUT2D eigenvalue weighted by molar-refractivity contribution is -0.154. The maximum absolute atomic E-state index is 11.5. The van der Waals surface area contributed by atoms with Gasteiger partial charge in [-0.25, -0.2) is 4.98 Å². The monoisotopic (exact) mass is 308 g/mol. The average Bonchev–Trinajstić information content (AvgIpc) is 3.01. The summed E-state index contributed by atoms with van der Waals surface area (Å²) >= 11 is 0. The number of nitriles is 1. The van der Waals surface area contributed by atoms with Crippen LogP contribution in [0, 0.1) is 35.0 Å².